The fraction of sp³-hybridized carbons (Fsp3) is 0.636. The average Bonchev–Trinajstić information content (AvgIpc) is 2.85. The standard InChI is InChI=1S/C22H30O11/c1-2-8-28-21-16(26)14(24)18(12(9-23)30-21)33-22-17(27)15(25)19-13(31-22)10-29-20(32-19)11-6-4-3-5-7-11/h2-7,12-27H,1,8-10H2/t12-,13-,14-,15-,16-,17-,18-,19-,20?,21?,22-/m1/s1. The van der Waals surface area contributed by atoms with E-state index in [0.717, 1.165) is 5.56 Å². The van der Waals surface area contributed by atoms with Crippen molar-refractivity contribution in [2.24, 2.45) is 0 Å². The summed E-state index contributed by atoms with van der Waals surface area (Å²) in [6, 6.07) is 9.15. The molecule has 0 aliphatic carbocycles. The molecule has 3 aliphatic rings. The highest BCUT2D eigenvalue weighted by Crippen LogP contribution is 2.35. The zero-order chi connectivity index (χ0) is 23.5. The number of rotatable bonds is 7. The minimum atomic E-state index is -1.54. The van der Waals surface area contributed by atoms with Gasteiger partial charge in [-0.3, -0.25) is 0 Å². The van der Waals surface area contributed by atoms with Gasteiger partial charge in [0.1, 0.15) is 48.8 Å². The minimum Gasteiger partial charge on any atom is -0.394 e. The third-order valence-electron chi connectivity index (χ3n) is 5.90. The molecule has 3 aliphatic heterocycles. The van der Waals surface area contributed by atoms with Crippen molar-refractivity contribution < 1.29 is 54.0 Å². The Morgan fingerprint density at radius 3 is 2.36 bits per heavy atom. The second-order valence-corrected chi connectivity index (χ2v) is 8.13. The second kappa shape index (κ2) is 10.8. The Morgan fingerprint density at radius 2 is 1.67 bits per heavy atom. The molecule has 3 fully saturated rings. The van der Waals surface area contributed by atoms with Crippen LogP contribution in [0, 0.1) is 0 Å². The SMILES string of the molecule is C=CCOC1O[C@H](CO)[C@@H](O[C@H]2O[C@@H]3COC(c4ccccc4)O[C@H]3[C@H](O)[C@H]2O)[C@H](O)[C@H]1O. The molecule has 5 N–H and O–H groups in total. The van der Waals surface area contributed by atoms with Gasteiger partial charge in [0.25, 0.3) is 0 Å². The van der Waals surface area contributed by atoms with Gasteiger partial charge >= 0.3 is 0 Å². The zero-order valence-corrected chi connectivity index (χ0v) is 17.8. The summed E-state index contributed by atoms with van der Waals surface area (Å²) in [5.74, 6) is 0. The first-order valence-corrected chi connectivity index (χ1v) is 10.8. The molecule has 11 atom stereocenters. The van der Waals surface area contributed by atoms with Crippen LogP contribution in [0.4, 0.5) is 0 Å². The molecule has 0 amide bonds. The molecular formula is C22H30O11. The van der Waals surface area contributed by atoms with E-state index in [1.807, 2.05) is 30.3 Å². The molecule has 33 heavy (non-hydrogen) atoms. The van der Waals surface area contributed by atoms with E-state index >= 15 is 0 Å². The lowest BCUT2D eigenvalue weighted by Gasteiger charge is -2.48. The predicted octanol–water partition coefficient (Wildman–Crippen LogP) is -1.43. The summed E-state index contributed by atoms with van der Waals surface area (Å²) in [5.41, 5.74) is 0.756. The molecule has 184 valence electrons. The van der Waals surface area contributed by atoms with Crippen LogP contribution in [0.5, 0.6) is 0 Å². The molecular weight excluding hydrogens is 440 g/mol. The van der Waals surface area contributed by atoms with Crippen LogP contribution in [-0.2, 0) is 28.4 Å². The van der Waals surface area contributed by atoms with Gasteiger partial charge in [0.05, 0.1) is 19.8 Å². The van der Waals surface area contributed by atoms with E-state index in [4.69, 9.17) is 28.4 Å². The quantitative estimate of drug-likeness (QED) is 0.298. The van der Waals surface area contributed by atoms with E-state index in [1.165, 1.54) is 6.08 Å². The molecule has 11 heteroatoms. The first-order valence-electron chi connectivity index (χ1n) is 10.8. The number of aliphatic hydroxyl groups excluding tert-OH is 5. The Labute approximate surface area is 190 Å². The Balaban J connectivity index is 1.42. The first-order chi connectivity index (χ1) is 15.9. The normalized spacial score (nSPS) is 43.6. The van der Waals surface area contributed by atoms with Gasteiger partial charge in [0.2, 0.25) is 0 Å². The highest BCUT2D eigenvalue weighted by molar-refractivity contribution is 5.16. The van der Waals surface area contributed by atoms with Crippen LogP contribution in [0.15, 0.2) is 43.0 Å². The monoisotopic (exact) mass is 470 g/mol. The van der Waals surface area contributed by atoms with Gasteiger partial charge in [-0.05, 0) is 0 Å². The van der Waals surface area contributed by atoms with Crippen molar-refractivity contribution >= 4 is 0 Å². The van der Waals surface area contributed by atoms with Crippen LogP contribution in [0.3, 0.4) is 0 Å². The summed E-state index contributed by atoms with van der Waals surface area (Å²) in [6.07, 6.45) is -11.9. The maximum atomic E-state index is 10.7. The van der Waals surface area contributed by atoms with Crippen LogP contribution in [0.25, 0.3) is 0 Å². The number of hydrogen-bond acceptors (Lipinski definition) is 11. The molecule has 0 radical (unpaired) electrons. The summed E-state index contributed by atoms with van der Waals surface area (Å²) in [6.45, 7) is 3.05. The molecule has 11 nitrogen and oxygen atoms in total. The highest BCUT2D eigenvalue weighted by atomic mass is 16.8. The molecule has 3 heterocycles. The van der Waals surface area contributed by atoms with Gasteiger partial charge in [0, 0.05) is 5.56 Å². The molecule has 0 spiro atoms. The van der Waals surface area contributed by atoms with E-state index < -0.39 is 74.3 Å². The fourth-order valence-corrected chi connectivity index (χ4v) is 4.15. The second-order valence-electron chi connectivity index (χ2n) is 8.13. The van der Waals surface area contributed by atoms with Crippen molar-refractivity contribution in [3.63, 3.8) is 0 Å². The summed E-state index contributed by atoms with van der Waals surface area (Å²) >= 11 is 0. The van der Waals surface area contributed by atoms with Crippen LogP contribution >= 0.6 is 0 Å². The number of fused-ring (bicyclic) bond motifs is 1. The molecule has 0 aromatic heterocycles. The maximum absolute atomic E-state index is 10.7. The molecule has 4 rings (SSSR count). The van der Waals surface area contributed by atoms with Gasteiger partial charge in [0.15, 0.2) is 18.9 Å². The van der Waals surface area contributed by atoms with Crippen LogP contribution in [-0.4, -0.2) is 107 Å². The average molecular weight is 470 g/mol. The first kappa shape index (κ1) is 24.6. The smallest absolute Gasteiger partial charge is 0.187 e. The van der Waals surface area contributed by atoms with E-state index in [2.05, 4.69) is 6.58 Å². The van der Waals surface area contributed by atoms with Gasteiger partial charge in [-0.1, -0.05) is 36.4 Å². The van der Waals surface area contributed by atoms with Gasteiger partial charge in [-0.15, -0.1) is 6.58 Å². The Morgan fingerprint density at radius 1 is 0.939 bits per heavy atom. The van der Waals surface area contributed by atoms with Crippen LogP contribution in [0.1, 0.15) is 11.9 Å². The van der Waals surface area contributed by atoms with Crippen molar-refractivity contribution in [2.75, 3.05) is 19.8 Å². The molecule has 0 saturated carbocycles. The molecule has 1 aromatic rings. The summed E-state index contributed by atoms with van der Waals surface area (Å²) < 4.78 is 33.8. The molecule has 2 unspecified atom stereocenters. The van der Waals surface area contributed by atoms with Gasteiger partial charge in [-0.25, -0.2) is 0 Å². The molecule has 1 aromatic carbocycles. The van der Waals surface area contributed by atoms with Crippen molar-refractivity contribution in [1.82, 2.24) is 0 Å². The third-order valence-corrected chi connectivity index (χ3v) is 5.90. The summed E-state index contributed by atoms with van der Waals surface area (Å²) in [7, 11) is 0. The van der Waals surface area contributed by atoms with E-state index in [0.29, 0.717) is 0 Å². The lowest BCUT2D eigenvalue weighted by atomic mass is 9.96. The molecule has 3 saturated heterocycles. The zero-order valence-electron chi connectivity index (χ0n) is 17.8. The summed E-state index contributed by atoms with van der Waals surface area (Å²) in [5, 5.41) is 52.0. The third kappa shape index (κ3) is 5.14. The number of ether oxygens (including phenoxy) is 6. The van der Waals surface area contributed by atoms with Crippen LogP contribution in [0.2, 0.25) is 0 Å². The van der Waals surface area contributed by atoms with Crippen molar-refractivity contribution in [3.8, 4) is 0 Å². The maximum Gasteiger partial charge on any atom is 0.187 e. The lowest BCUT2D eigenvalue weighted by molar-refractivity contribution is -0.385. The summed E-state index contributed by atoms with van der Waals surface area (Å²) in [4.78, 5) is 0. The highest BCUT2D eigenvalue weighted by Gasteiger charge is 2.52. The van der Waals surface area contributed by atoms with Crippen molar-refractivity contribution in [3.05, 3.63) is 48.6 Å². The largest absolute Gasteiger partial charge is 0.394 e. The van der Waals surface area contributed by atoms with E-state index in [-0.39, 0.29) is 13.2 Å². The Kier molecular flexibility index (Phi) is 8.10. The Hall–Kier alpha value is -1.48. The van der Waals surface area contributed by atoms with Crippen LogP contribution < -0.4 is 0 Å². The minimum absolute atomic E-state index is 0.0567. The lowest BCUT2D eigenvalue weighted by Crippen LogP contribution is -2.65. The van der Waals surface area contributed by atoms with Gasteiger partial charge in [-0.2, -0.15) is 0 Å². The van der Waals surface area contributed by atoms with E-state index in [9.17, 15) is 25.5 Å². The Bertz CT molecular complexity index is 760. The van der Waals surface area contributed by atoms with E-state index in [1.54, 1.807) is 0 Å². The molecule has 0 bridgehead atoms. The predicted molar refractivity (Wildman–Crippen MR) is 109 cm³/mol. The topological polar surface area (TPSA) is 157 Å². The van der Waals surface area contributed by atoms with Crippen molar-refractivity contribution in [1.29, 1.82) is 0 Å². The number of benzene rings is 1. The van der Waals surface area contributed by atoms with Gasteiger partial charge < -0.3 is 54.0 Å². The van der Waals surface area contributed by atoms with Crippen molar-refractivity contribution in [2.45, 2.75) is 67.7 Å². The number of hydrogen-bond donors (Lipinski definition) is 5. The number of aliphatic hydroxyl groups is 5. The fourth-order valence-electron chi connectivity index (χ4n) is 4.15.